The summed E-state index contributed by atoms with van der Waals surface area (Å²) in [5.41, 5.74) is 8.31. The summed E-state index contributed by atoms with van der Waals surface area (Å²) in [6.45, 7) is 4.19. The highest BCUT2D eigenvalue weighted by Gasteiger charge is 2.19. The molecular formula is C13H15BrClN3S. The van der Waals surface area contributed by atoms with E-state index in [1.807, 2.05) is 18.2 Å². The van der Waals surface area contributed by atoms with Gasteiger partial charge in [0.1, 0.15) is 0 Å². The number of nitrogens with two attached hydrogens (primary N) is 1. The minimum atomic E-state index is -0.115. The lowest BCUT2D eigenvalue weighted by Crippen LogP contribution is -2.14. The summed E-state index contributed by atoms with van der Waals surface area (Å²) >= 11 is 11.0. The van der Waals surface area contributed by atoms with Crippen LogP contribution in [-0.4, -0.2) is 9.59 Å². The highest BCUT2D eigenvalue weighted by Crippen LogP contribution is 2.29. The van der Waals surface area contributed by atoms with E-state index in [1.165, 1.54) is 11.5 Å². The zero-order valence-corrected chi connectivity index (χ0v) is 13.9. The number of halogens is 2. The molecule has 0 radical (unpaired) electrons. The molecule has 0 bridgehead atoms. The highest BCUT2D eigenvalue weighted by atomic mass is 79.9. The normalized spacial score (nSPS) is 12.9. The Bertz CT molecular complexity index is 571. The van der Waals surface area contributed by atoms with Crippen LogP contribution >= 0.6 is 39.1 Å². The molecule has 19 heavy (non-hydrogen) atoms. The van der Waals surface area contributed by atoms with Gasteiger partial charge in [0.2, 0.25) is 0 Å². The molecule has 1 aromatic carbocycles. The van der Waals surface area contributed by atoms with Crippen LogP contribution in [0.4, 0.5) is 0 Å². The Hall–Kier alpha value is -0.490. The van der Waals surface area contributed by atoms with Crippen LogP contribution in [0.15, 0.2) is 22.7 Å². The Kier molecular flexibility index (Phi) is 4.95. The summed E-state index contributed by atoms with van der Waals surface area (Å²) in [6, 6.07) is 5.74. The first-order valence-electron chi connectivity index (χ1n) is 6.00. The highest BCUT2D eigenvalue weighted by molar-refractivity contribution is 9.10. The summed E-state index contributed by atoms with van der Waals surface area (Å²) in [7, 11) is 0. The van der Waals surface area contributed by atoms with Gasteiger partial charge in [-0.15, -0.1) is 5.10 Å². The van der Waals surface area contributed by atoms with Crippen molar-refractivity contribution in [2.45, 2.75) is 32.2 Å². The number of benzene rings is 1. The van der Waals surface area contributed by atoms with Crippen LogP contribution in [0.1, 0.15) is 41.9 Å². The van der Waals surface area contributed by atoms with Gasteiger partial charge in [0.05, 0.1) is 10.6 Å². The van der Waals surface area contributed by atoms with E-state index in [1.54, 1.807) is 0 Å². The third-order valence-electron chi connectivity index (χ3n) is 2.88. The molecule has 0 amide bonds. The predicted molar refractivity (Wildman–Crippen MR) is 83.8 cm³/mol. The van der Waals surface area contributed by atoms with Crippen LogP contribution in [0.5, 0.6) is 0 Å². The van der Waals surface area contributed by atoms with E-state index < -0.39 is 0 Å². The van der Waals surface area contributed by atoms with E-state index in [-0.39, 0.29) is 6.04 Å². The fraction of sp³-hybridized carbons (Fsp3) is 0.385. The maximum atomic E-state index is 6.28. The molecule has 0 saturated carbocycles. The van der Waals surface area contributed by atoms with E-state index >= 15 is 0 Å². The Morgan fingerprint density at radius 2 is 2.16 bits per heavy atom. The van der Waals surface area contributed by atoms with Crippen molar-refractivity contribution in [3.63, 3.8) is 0 Å². The van der Waals surface area contributed by atoms with Gasteiger partial charge in [0.25, 0.3) is 0 Å². The summed E-state index contributed by atoms with van der Waals surface area (Å²) < 4.78 is 4.98. The molecule has 0 aliphatic heterocycles. The van der Waals surface area contributed by atoms with Crippen molar-refractivity contribution in [1.82, 2.24) is 9.59 Å². The fourth-order valence-corrected chi connectivity index (χ4v) is 3.44. The zero-order chi connectivity index (χ0) is 14.0. The predicted octanol–water partition coefficient (Wildman–Crippen LogP) is 4.32. The van der Waals surface area contributed by atoms with Crippen molar-refractivity contribution in [2.24, 2.45) is 5.73 Å². The Morgan fingerprint density at radius 3 is 2.79 bits per heavy atom. The summed E-state index contributed by atoms with van der Waals surface area (Å²) in [6.07, 6.45) is 0.690. The first kappa shape index (κ1) is 14.9. The van der Waals surface area contributed by atoms with E-state index in [0.717, 1.165) is 25.6 Å². The second kappa shape index (κ2) is 6.31. The van der Waals surface area contributed by atoms with E-state index in [0.29, 0.717) is 12.3 Å². The molecule has 3 nitrogen and oxygen atoms in total. The van der Waals surface area contributed by atoms with Gasteiger partial charge >= 0.3 is 0 Å². The smallest absolute Gasteiger partial charge is 0.0829 e. The number of rotatable bonds is 4. The van der Waals surface area contributed by atoms with Crippen molar-refractivity contribution >= 4 is 39.1 Å². The lowest BCUT2D eigenvalue weighted by Gasteiger charge is -2.13. The monoisotopic (exact) mass is 359 g/mol. The van der Waals surface area contributed by atoms with Gasteiger partial charge in [-0.1, -0.05) is 51.9 Å². The van der Waals surface area contributed by atoms with Crippen molar-refractivity contribution in [2.75, 3.05) is 0 Å². The van der Waals surface area contributed by atoms with Gasteiger partial charge in [-0.2, -0.15) is 0 Å². The average Bonchev–Trinajstić information content (AvgIpc) is 2.82. The van der Waals surface area contributed by atoms with Gasteiger partial charge < -0.3 is 5.73 Å². The molecule has 0 fully saturated rings. The quantitative estimate of drug-likeness (QED) is 0.883. The van der Waals surface area contributed by atoms with E-state index in [2.05, 4.69) is 39.4 Å². The van der Waals surface area contributed by atoms with Gasteiger partial charge in [0, 0.05) is 15.5 Å². The minimum absolute atomic E-state index is 0.115. The Labute approximate surface area is 130 Å². The lowest BCUT2D eigenvalue weighted by molar-refractivity contribution is 0.701. The topological polar surface area (TPSA) is 51.8 Å². The van der Waals surface area contributed by atoms with Crippen molar-refractivity contribution in [3.8, 4) is 0 Å². The summed E-state index contributed by atoms with van der Waals surface area (Å²) in [5.74, 6) is 0.334. The Balaban J connectivity index is 2.21. The second-order valence-electron chi connectivity index (χ2n) is 4.72. The molecule has 0 aliphatic carbocycles. The molecule has 2 rings (SSSR count). The third-order valence-corrected chi connectivity index (χ3v) is 4.60. The van der Waals surface area contributed by atoms with E-state index in [4.69, 9.17) is 17.3 Å². The van der Waals surface area contributed by atoms with Gasteiger partial charge in [0.15, 0.2) is 0 Å². The molecule has 0 aliphatic rings. The van der Waals surface area contributed by atoms with Crippen LogP contribution in [0.25, 0.3) is 0 Å². The molecule has 102 valence electrons. The number of hydrogen-bond acceptors (Lipinski definition) is 4. The molecule has 1 unspecified atom stereocenters. The summed E-state index contributed by atoms with van der Waals surface area (Å²) in [4.78, 5) is 1.05. The molecule has 6 heteroatoms. The van der Waals surface area contributed by atoms with Crippen LogP contribution < -0.4 is 5.73 Å². The van der Waals surface area contributed by atoms with Gasteiger partial charge in [-0.3, -0.25) is 0 Å². The second-order valence-corrected chi connectivity index (χ2v) is 6.83. The lowest BCUT2D eigenvalue weighted by atomic mass is 10.0. The van der Waals surface area contributed by atoms with Crippen molar-refractivity contribution in [3.05, 3.63) is 43.8 Å². The van der Waals surface area contributed by atoms with Crippen molar-refractivity contribution in [1.29, 1.82) is 0 Å². The van der Waals surface area contributed by atoms with Crippen molar-refractivity contribution < 1.29 is 0 Å². The minimum Gasteiger partial charge on any atom is -0.323 e. The fourth-order valence-electron chi connectivity index (χ4n) is 1.88. The number of aromatic nitrogens is 2. The Morgan fingerprint density at radius 1 is 1.42 bits per heavy atom. The number of hydrogen-bond donors (Lipinski definition) is 1. The SMILES string of the molecule is CC(C)c1nnsc1C(N)Cc1ccc(Br)cc1Cl. The molecule has 1 atom stereocenters. The van der Waals surface area contributed by atoms with E-state index in [9.17, 15) is 0 Å². The zero-order valence-electron chi connectivity index (χ0n) is 10.7. The first-order valence-corrected chi connectivity index (χ1v) is 7.95. The van der Waals surface area contributed by atoms with Gasteiger partial charge in [-0.05, 0) is 41.6 Å². The van der Waals surface area contributed by atoms with Crippen LogP contribution in [0, 0.1) is 0 Å². The molecule has 1 heterocycles. The molecule has 2 aromatic rings. The van der Waals surface area contributed by atoms with Crippen LogP contribution in [0.3, 0.4) is 0 Å². The largest absolute Gasteiger partial charge is 0.323 e. The average molecular weight is 361 g/mol. The standard InChI is InChI=1S/C13H15BrClN3S/c1-7(2)12-13(19-18-17-12)11(16)5-8-3-4-9(14)6-10(8)15/h3-4,6-7,11H,5,16H2,1-2H3. The van der Waals surface area contributed by atoms with Crippen LogP contribution in [0.2, 0.25) is 5.02 Å². The number of nitrogens with zero attached hydrogens (tertiary/aromatic N) is 2. The molecule has 1 aromatic heterocycles. The molecule has 0 spiro atoms. The molecule has 2 N–H and O–H groups in total. The maximum absolute atomic E-state index is 6.28. The molecular weight excluding hydrogens is 346 g/mol. The first-order chi connectivity index (χ1) is 8.99. The van der Waals surface area contributed by atoms with Gasteiger partial charge in [-0.25, -0.2) is 0 Å². The third kappa shape index (κ3) is 3.54. The maximum Gasteiger partial charge on any atom is 0.0829 e. The summed E-state index contributed by atoms with van der Waals surface area (Å²) in [5, 5.41) is 4.89. The van der Waals surface area contributed by atoms with Crippen LogP contribution in [-0.2, 0) is 6.42 Å². The molecule has 0 saturated heterocycles.